The lowest BCUT2D eigenvalue weighted by Crippen LogP contribution is -2.45. The fourth-order valence-corrected chi connectivity index (χ4v) is 4.10. The highest BCUT2D eigenvalue weighted by atomic mass is 35.5. The van der Waals surface area contributed by atoms with Crippen LogP contribution < -0.4 is 4.90 Å². The number of aromatic nitrogens is 1. The number of carboxylic acid groups (broad SMARTS) is 1. The zero-order valence-corrected chi connectivity index (χ0v) is 14.7. The van der Waals surface area contributed by atoms with Gasteiger partial charge in [-0.15, -0.1) is 11.3 Å². The molecule has 24 heavy (non-hydrogen) atoms. The van der Waals surface area contributed by atoms with Crippen LogP contribution in [0.25, 0.3) is 0 Å². The predicted octanol–water partition coefficient (Wildman–Crippen LogP) is 3.20. The second-order valence-electron chi connectivity index (χ2n) is 6.16. The smallest absolute Gasteiger partial charge is 0.310 e. The number of nitrogens with zero attached hydrogens (tertiary/aromatic N) is 2. The van der Waals surface area contributed by atoms with Crippen molar-refractivity contribution in [3.8, 4) is 0 Å². The maximum atomic E-state index is 12.0. The molecule has 3 rings (SSSR count). The first-order valence-electron chi connectivity index (χ1n) is 7.80. The van der Waals surface area contributed by atoms with Crippen molar-refractivity contribution in [3.05, 3.63) is 45.9 Å². The predicted molar refractivity (Wildman–Crippen MR) is 94.7 cm³/mol. The third-order valence-corrected chi connectivity index (χ3v) is 5.80. The first-order valence-corrected chi connectivity index (χ1v) is 9.06. The highest BCUT2D eigenvalue weighted by Crippen LogP contribution is 2.37. The molecule has 0 atom stereocenters. The van der Waals surface area contributed by atoms with Gasteiger partial charge < -0.3 is 15.1 Å². The summed E-state index contributed by atoms with van der Waals surface area (Å²) in [6.07, 6.45) is 1.64. The van der Waals surface area contributed by atoms with Crippen molar-refractivity contribution >= 4 is 34.0 Å². The number of aliphatic carboxylic acids is 1. The van der Waals surface area contributed by atoms with Gasteiger partial charge in [-0.2, -0.15) is 0 Å². The molecule has 1 fully saturated rings. The van der Waals surface area contributed by atoms with Gasteiger partial charge >= 0.3 is 5.97 Å². The minimum absolute atomic E-state index is 0.0695. The SMILES string of the molecule is O=C(O)C1(Cc2ccc(Cl)cc2)CCN(c2nc(CO)cs2)CC1. The summed E-state index contributed by atoms with van der Waals surface area (Å²) < 4.78 is 0. The fraction of sp³-hybridized carbons (Fsp3) is 0.412. The van der Waals surface area contributed by atoms with Crippen molar-refractivity contribution in [2.75, 3.05) is 18.0 Å². The molecule has 0 spiro atoms. The van der Waals surface area contributed by atoms with Crippen LogP contribution in [-0.4, -0.2) is 34.3 Å². The van der Waals surface area contributed by atoms with Crippen molar-refractivity contribution in [3.63, 3.8) is 0 Å². The molecule has 0 amide bonds. The monoisotopic (exact) mass is 366 g/mol. The van der Waals surface area contributed by atoms with Crippen LogP contribution in [-0.2, 0) is 17.8 Å². The van der Waals surface area contributed by atoms with E-state index in [-0.39, 0.29) is 6.61 Å². The van der Waals surface area contributed by atoms with E-state index >= 15 is 0 Å². The Morgan fingerprint density at radius 1 is 1.29 bits per heavy atom. The summed E-state index contributed by atoms with van der Waals surface area (Å²) >= 11 is 7.39. The molecule has 0 saturated carbocycles. The molecule has 1 aliphatic heterocycles. The molecule has 0 bridgehead atoms. The van der Waals surface area contributed by atoms with Crippen molar-refractivity contribution in [2.45, 2.75) is 25.9 Å². The molecule has 1 aliphatic rings. The van der Waals surface area contributed by atoms with Gasteiger partial charge in [0.05, 0.1) is 17.7 Å². The average Bonchev–Trinajstić information content (AvgIpc) is 3.06. The van der Waals surface area contributed by atoms with Gasteiger partial charge in [0, 0.05) is 23.5 Å². The minimum atomic E-state index is -0.749. The second-order valence-corrected chi connectivity index (χ2v) is 7.43. The van der Waals surface area contributed by atoms with Gasteiger partial charge in [0.2, 0.25) is 0 Å². The average molecular weight is 367 g/mol. The van der Waals surface area contributed by atoms with Gasteiger partial charge in [0.15, 0.2) is 5.13 Å². The van der Waals surface area contributed by atoms with E-state index in [1.165, 1.54) is 11.3 Å². The molecule has 128 valence electrons. The van der Waals surface area contributed by atoms with Crippen molar-refractivity contribution in [1.29, 1.82) is 0 Å². The molecule has 1 saturated heterocycles. The molecule has 2 heterocycles. The van der Waals surface area contributed by atoms with Gasteiger partial charge in [-0.1, -0.05) is 23.7 Å². The summed E-state index contributed by atoms with van der Waals surface area (Å²) in [6.45, 7) is 1.23. The highest BCUT2D eigenvalue weighted by Gasteiger charge is 2.42. The number of thiazole rings is 1. The number of benzene rings is 1. The molecule has 1 aromatic carbocycles. The number of hydrogen-bond acceptors (Lipinski definition) is 5. The quantitative estimate of drug-likeness (QED) is 0.850. The van der Waals surface area contributed by atoms with E-state index in [2.05, 4.69) is 9.88 Å². The summed E-state index contributed by atoms with van der Waals surface area (Å²) in [7, 11) is 0. The minimum Gasteiger partial charge on any atom is -0.481 e. The van der Waals surface area contributed by atoms with Crippen LogP contribution in [0.5, 0.6) is 0 Å². The van der Waals surface area contributed by atoms with Crippen LogP contribution in [0.1, 0.15) is 24.1 Å². The third-order valence-electron chi connectivity index (χ3n) is 4.60. The van der Waals surface area contributed by atoms with E-state index in [9.17, 15) is 9.90 Å². The lowest BCUT2D eigenvalue weighted by atomic mass is 9.74. The van der Waals surface area contributed by atoms with Crippen LogP contribution in [0.4, 0.5) is 5.13 Å². The molecular formula is C17H19ClN2O3S. The van der Waals surface area contributed by atoms with Crippen LogP contribution in [0.3, 0.4) is 0 Å². The van der Waals surface area contributed by atoms with Gasteiger partial charge in [-0.05, 0) is 37.0 Å². The number of halogens is 1. The number of carbonyl (C=O) groups is 1. The number of piperidine rings is 1. The standard InChI is InChI=1S/C17H19ClN2O3S/c18-13-3-1-12(2-4-13)9-17(15(22)23)5-7-20(8-6-17)16-19-14(10-21)11-24-16/h1-4,11,21H,5-10H2,(H,22,23). The summed E-state index contributed by atoms with van der Waals surface area (Å²) in [5, 5.41) is 22.3. The Kier molecular flexibility index (Phi) is 5.08. The number of hydrogen-bond donors (Lipinski definition) is 2. The van der Waals surface area contributed by atoms with E-state index in [0.717, 1.165) is 10.7 Å². The molecule has 0 aliphatic carbocycles. The maximum absolute atomic E-state index is 12.0. The molecular weight excluding hydrogens is 348 g/mol. The number of anilines is 1. The lowest BCUT2D eigenvalue weighted by Gasteiger charge is -2.39. The Balaban J connectivity index is 1.72. The first kappa shape index (κ1) is 17.2. The molecule has 7 heteroatoms. The van der Waals surface area contributed by atoms with Crippen LogP contribution in [0.2, 0.25) is 5.02 Å². The van der Waals surface area contributed by atoms with Gasteiger partial charge in [-0.3, -0.25) is 4.79 Å². The maximum Gasteiger partial charge on any atom is 0.310 e. The van der Waals surface area contributed by atoms with E-state index in [4.69, 9.17) is 16.7 Å². The Bertz CT molecular complexity index is 709. The van der Waals surface area contributed by atoms with E-state index < -0.39 is 11.4 Å². The summed E-state index contributed by atoms with van der Waals surface area (Å²) in [6, 6.07) is 7.39. The molecule has 2 aromatic rings. The van der Waals surface area contributed by atoms with E-state index in [0.29, 0.717) is 43.1 Å². The summed E-state index contributed by atoms with van der Waals surface area (Å²) in [5.74, 6) is -0.743. The Morgan fingerprint density at radius 2 is 1.96 bits per heavy atom. The Hall–Kier alpha value is -1.63. The largest absolute Gasteiger partial charge is 0.481 e. The van der Waals surface area contributed by atoms with Gasteiger partial charge in [0.1, 0.15) is 0 Å². The zero-order chi connectivity index (χ0) is 17.2. The molecule has 2 N–H and O–H groups in total. The fourth-order valence-electron chi connectivity index (χ4n) is 3.10. The molecule has 0 radical (unpaired) electrons. The van der Waals surface area contributed by atoms with E-state index in [1.54, 1.807) is 12.1 Å². The van der Waals surface area contributed by atoms with Crippen molar-refractivity contribution < 1.29 is 15.0 Å². The van der Waals surface area contributed by atoms with Gasteiger partial charge in [0.25, 0.3) is 0 Å². The normalized spacial score (nSPS) is 17.0. The van der Waals surface area contributed by atoms with Crippen LogP contribution >= 0.6 is 22.9 Å². The number of carboxylic acids is 1. The zero-order valence-electron chi connectivity index (χ0n) is 13.1. The van der Waals surface area contributed by atoms with Crippen LogP contribution in [0, 0.1) is 5.41 Å². The van der Waals surface area contributed by atoms with Crippen molar-refractivity contribution in [2.24, 2.45) is 5.41 Å². The number of aliphatic hydroxyl groups excluding tert-OH is 1. The van der Waals surface area contributed by atoms with Crippen molar-refractivity contribution in [1.82, 2.24) is 4.98 Å². The first-order chi connectivity index (χ1) is 11.5. The lowest BCUT2D eigenvalue weighted by molar-refractivity contribution is -0.150. The second kappa shape index (κ2) is 7.09. The molecule has 5 nitrogen and oxygen atoms in total. The number of rotatable bonds is 5. The molecule has 1 aromatic heterocycles. The Morgan fingerprint density at radius 3 is 2.50 bits per heavy atom. The topological polar surface area (TPSA) is 73.7 Å². The highest BCUT2D eigenvalue weighted by molar-refractivity contribution is 7.13. The summed E-state index contributed by atoms with van der Waals surface area (Å²) in [5.41, 5.74) is 0.903. The summed E-state index contributed by atoms with van der Waals surface area (Å²) in [4.78, 5) is 18.4. The third kappa shape index (κ3) is 3.55. The molecule has 0 unspecified atom stereocenters. The Labute approximate surface area is 149 Å². The van der Waals surface area contributed by atoms with E-state index in [1.807, 2.05) is 17.5 Å². The van der Waals surface area contributed by atoms with Gasteiger partial charge in [-0.25, -0.2) is 4.98 Å². The number of aliphatic hydroxyl groups is 1. The van der Waals surface area contributed by atoms with Crippen LogP contribution in [0.15, 0.2) is 29.6 Å².